The number of fused-ring (bicyclic) bond motifs is 1. The normalized spacial score (nSPS) is 10.8. The average Bonchev–Trinajstić information content (AvgIpc) is 2.75. The first-order valence-corrected chi connectivity index (χ1v) is 10.3. The summed E-state index contributed by atoms with van der Waals surface area (Å²) in [5.74, 6) is -2.25. The van der Waals surface area contributed by atoms with Crippen molar-refractivity contribution in [3.63, 3.8) is 0 Å². The topological polar surface area (TPSA) is 93.1 Å². The van der Waals surface area contributed by atoms with Gasteiger partial charge in [0.15, 0.2) is 5.69 Å². The van der Waals surface area contributed by atoms with Crippen LogP contribution in [0.2, 0.25) is 0 Å². The van der Waals surface area contributed by atoms with E-state index in [0.29, 0.717) is 21.8 Å². The Bertz CT molecular complexity index is 1160. The van der Waals surface area contributed by atoms with Gasteiger partial charge in [0.05, 0.1) is 10.9 Å². The van der Waals surface area contributed by atoms with Gasteiger partial charge < -0.3 is 0 Å². The van der Waals surface area contributed by atoms with Gasteiger partial charge in [-0.25, -0.2) is 9.07 Å². The lowest BCUT2D eigenvalue weighted by Gasteiger charge is -2.12. The van der Waals surface area contributed by atoms with Crippen LogP contribution in [0.15, 0.2) is 51.7 Å². The second-order valence-electron chi connectivity index (χ2n) is 6.66. The highest BCUT2D eigenvalue weighted by molar-refractivity contribution is 9.10. The van der Waals surface area contributed by atoms with Crippen LogP contribution in [-0.2, 0) is 6.54 Å². The molecule has 2 N–H and O–H groups in total. The molecule has 0 atom stereocenters. The average molecular weight is 475 g/mol. The van der Waals surface area contributed by atoms with Crippen molar-refractivity contribution >= 4 is 38.5 Å². The van der Waals surface area contributed by atoms with Gasteiger partial charge in [0, 0.05) is 16.4 Å². The number of amides is 2. The minimum atomic E-state index is -0.817. The summed E-state index contributed by atoms with van der Waals surface area (Å²) in [4.78, 5) is 37.7. The molecular formula is C21H20BrFN4O3. The van der Waals surface area contributed by atoms with Gasteiger partial charge in [-0.3, -0.25) is 25.2 Å². The van der Waals surface area contributed by atoms with Crippen LogP contribution >= 0.6 is 15.9 Å². The number of carbonyl (C=O) groups excluding carboxylic acids is 2. The summed E-state index contributed by atoms with van der Waals surface area (Å²) in [6, 6.07) is 10.5. The molecule has 2 amide bonds. The summed E-state index contributed by atoms with van der Waals surface area (Å²) in [6.45, 7) is 2.43. The van der Waals surface area contributed by atoms with E-state index >= 15 is 0 Å². The number of benzene rings is 2. The number of nitrogens with one attached hydrogen (secondary N) is 2. The van der Waals surface area contributed by atoms with Crippen LogP contribution in [-0.4, -0.2) is 21.6 Å². The largest absolute Gasteiger partial charge is 0.290 e. The summed E-state index contributed by atoms with van der Waals surface area (Å²) >= 11 is 3.17. The van der Waals surface area contributed by atoms with Gasteiger partial charge in [-0.05, 0) is 30.7 Å². The van der Waals surface area contributed by atoms with Crippen molar-refractivity contribution in [2.75, 3.05) is 0 Å². The van der Waals surface area contributed by atoms with Crippen LogP contribution in [0.4, 0.5) is 4.39 Å². The van der Waals surface area contributed by atoms with Crippen molar-refractivity contribution in [2.45, 2.75) is 32.7 Å². The number of hydrogen-bond donors (Lipinski definition) is 2. The fourth-order valence-corrected chi connectivity index (χ4v) is 3.34. The lowest BCUT2D eigenvalue weighted by Crippen LogP contribution is -2.43. The fourth-order valence-electron chi connectivity index (χ4n) is 2.98. The molecule has 7 nitrogen and oxygen atoms in total. The third-order valence-electron chi connectivity index (χ3n) is 4.52. The molecule has 3 rings (SSSR count). The zero-order valence-electron chi connectivity index (χ0n) is 16.2. The van der Waals surface area contributed by atoms with Gasteiger partial charge in [0.1, 0.15) is 5.82 Å². The molecule has 0 fully saturated rings. The maximum Gasteiger partial charge on any atom is 0.290 e. The molecule has 1 heterocycles. The van der Waals surface area contributed by atoms with E-state index in [1.807, 2.05) is 6.92 Å². The van der Waals surface area contributed by atoms with Crippen LogP contribution < -0.4 is 16.4 Å². The second-order valence-corrected chi connectivity index (χ2v) is 7.58. The number of hydrazine groups is 1. The Morgan fingerprint density at radius 1 is 1.07 bits per heavy atom. The van der Waals surface area contributed by atoms with Crippen LogP contribution in [0.5, 0.6) is 0 Å². The summed E-state index contributed by atoms with van der Waals surface area (Å²) in [7, 11) is 0. The Kier molecular flexibility index (Phi) is 6.94. The molecule has 0 radical (unpaired) electrons. The third kappa shape index (κ3) is 4.73. The Morgan fingerprint density at radius 3 is 2.50 bits per heavy atom. The van der Waals surface area contributed by atoms with Crippen molar-refractivity contribution in [3.05, 3.63) is 74.4 Å². The Morgan fingerprint density at radius 2 is 1.77 bits per heavy atom. The van der Waals surface area contributed by atoms with Gasteiger partial charge in [-0.15, -0.1) is 0 Å². The van der Waals surface area contributed by atoms with Crippen LogP contribution in [0.1, 0.15) is 47.0 Å². The molecule has 30 heavy (non-hydrogen) atoms. The zero-order chi connectivity index (χ0) is 21.7. The van der Waals surface area contributed by atoms with E-state index < -0.39 is 17.6 Å². The highest BCUT2D eigenvalue weighted by atomic mass is 79.9. The fraction of sp³-hybridized carbons (Fsp3) is 0.238. The molecule has 2 aromatic carbocycles. The predicted molar refractivity (Wildman–Crippen MR) is 115 cm³/mol. The highest BCUT2D eigenvalue weighted by Gasteiger charge is 2.18. The van der Waals surface area contributed by atoms with Gasteiger partial charge >= 0.3 is 0 Å². The van der Waals surface area contributed by atoms with E-state index in [0.717, 1.165) is 25.3 Å². The molecule has 0 saturated heterocycles. The number of aromatic nitrogens is 2. The molecule has 3 aromatic rings. The van der Waals surface area contributed by atoms with Crippen molar-refractivity contribution in [1.29, 1.82) is 0 Å². The van der Waals surface area contributed by atoms with E-state index in [9.17, 15) is 18.8 Å². The number of unbranched alkanes of at least 4 members (excludes halogenated alkanes) is 2. The number of carbonyl (C=O) groups is 2. The number of hydrogen-bond acceptors (Lipinski definition) is 4. The molecule has 0 aliphatic carbocycles. The first-order chi connectivity index (χ1) is 14.4. The Hall–Kier alpha value is -3.07. The van der Waals surface area contributed by atoms with Crippen molar-refractivity contribution in [1.82, 2.24) is 20.6 Å². The summed E-state index contributed by atoms with van der Waals surface area (Å²) in [6.07, 6.45) is 2.66. The van der Waals surface area contributed by atoms with E-state index in [1.165, 1.54) is 16.8 Å². The number of halogens is 2. The van der Waals surface area contributed by atoms with Crippen molar-refractivity contribution < 1.29 is 14.0 Å². The zero-order valence-corrected chi connectivity index (χ0v) is 17.8. The molecule has 0 bridgehead atoms. The molecule has 1 aromatic heterocycles. The van der Waals surface area contributed by atoms with Gasteiger partial charge in [0.2, 0.25) is 0 Å². The maximum absolute atomic E-state index is 13.9. The highest BCUT2D eigenvalue weighted by Crippen LogP contribution is 2.16. The van der Waals surface area contributed by atoms with Crippen LogP contribution in [0.25, 0.3) is 10.8 Å². The maximum atomic E-state index is 13.9. The van der Waals surface area contributed by atoms with Gasteiger partial charge in [0.25, 0.3) is 17.4 Å². The number of aryl methyl sites for hydroxylation is 1. The summed E-state index contributed by atoms with van der Waals surface area (Å²) in [5, 5.41) is 4.94. The quantitative estimate of drug-likeness (QED) is 0.421. The lowest BCUT2D eigenvalue weighted by molar-refractivity contribution is 0.0841. The standard InChI is InChI=1S/C21H20BrFN4O3/c1-2-3-6-11-27-21(30)15-8-5-4-7-14(15)18(26-27)20(29)25-24-19(28)16-12-13(22)9-10-17(16)23/h4-5,7-10,12H,2-3,6,11H2,1H3,(H,24,28)(H,25,29). The monoisotopic (exact) mass is 474 g/mol. The molecule has 9 heteroatoms. The lowest BCUT2D eigenvalue weighted by atomic mass is 10.1. The molecule has 0 saturated carbocycles. The third-order valence-corrected chi connectivity index (χ3v) is 5.01. The molecule has 0 aliphatic heterocycles. The SMILES string of the molecule is CCCCCn1nc(C(=O)NNC(=O)c2cc(Br)ccc2F)c2ccccc2c1=O. The molecule has 0 unspecified atom stereocenters. The molecule has 0 aliphatic rings. The van der Waals surface area contributed by atoms with Gasteiger partial charge in [-0.1, -0.05) is 53.9 Å². The second kappa shape index (κ2) is 9.62. The predicted octanol–water partition coefficient (Wildman–Crippen LogP) is 3.56. The van der Waals surface area contributed by atoms with E-state index in [1.54, 1.807) is 24.3 Å². The summed E-state index contributed by atoms with van der Waals surface area (Å²) in [5.41, 5.74) is 3.93. The first-order valence-electron chi connectivity index (χ1n) is 9.48. The minimum absolute atomic E-state index is 0.00304. The minimum Gasteiger partial charge on any atom is -0.267 e. The number of rotatable bonds is 6. The first kappa shape index (κ1) is 21.6. The van der Waals surface area contributed by atoms with E-state index in [2.05, 4.69) is 31.9 Å². The number of nitrogens with zero attached hydrogens (tertiary/aromatic N) is 2. The van der Waals surface area contributed by atoms with Crippen LogP contribution in [0, 0.1) is 5.82 Å². The summed E-state index contributed by atoms with van der Waals surface area (Å²) < 4.78 is 15.7. The van der Waals surface area contributed by atoms with E-state index in [4.69, 9.17) is 0 Å². The smallest absolute Gasteiger partial charge is 0.267 e. The molecular weight excluding hydrogens is 455 g/mol. The van der Waals surface area contributed by atoms with Crippen molar-refractivity contribution in [3.8, 4) is 0 Å². The van der Waals surface area contributed by atoms with Crippen molar-refractivity contribution in [2.24, 2.45) is 0 Å². The van der Waals surface area contributed by atoms with Crippen LogP contribution in [0.3, 0.4) is 0 Å². The van der Waals surface area contributed by atoms with Gasteiger partial charge in [-0.2, -0.15) is 5.10 Å². The Balaban J connectivity index is 1.86. The van der Waals surface area contributed by atoms with E-state index in [-0.39, 0.29) is 16.8 Å². The Labute approximate surface area is 180 Å². The molecule has 156 valence electrons. The molecule has 0 spiro atoms.